The van der Waals surface area contributed by atoms with Gasteiger partial charge in [0.1, 0.15) is 11.6 Å². The summed E-state index contributed by atoms with van der Waals surface area (Å²) in [4.78, 5) is 23.4. The molecular weight excluding hydrogens is 360 g/mol. The quantitative estimate of drug-likeness (QED) is 0.445. The maximum absolute atomic E-state index is 12.2. The van der Waals surface area contributed by atoms with E-state index in [0.717, 1.165) is 24.9 Å². The summed E-state index contributed by atoms with van der Waals surface area (Å²) in [6.07, 6.45) is 3.56. The van der Waals surface area contributed by atoms with E-state index in [9.17, 15) is 10.1 Å². The molecule has 2 aromatic rings. The molecule has 1 saturated heterocycles. The lowest BCUT2D eigenvalue weighted by Gasteiger charge is -2.33. The van der Waals surface area contributed by atoms with Gasteiger partial charge in [-0.15, -0.1) is 0 Å². The van der Waals surface area contributed by atoms with Crippen molar-refractivity contribution < 1.29 is 9.53 Å². The molecular formula is C20H22N4O2S. The van der Waals surface area contributed by atoms with E-state index in [-0.39, 0.29) is 11.9 Å². The first-order valence-corrected chi connectivity index (χ1v) is 10.2. The van der Waals surface area contributed by atoms with Crippen molar-refractivity contribution in [3.63, 3.8) is 0 Å². The molecule has 1 aromatic heterocycles. The van der Waals surface area contributed by atoms with E-state index in [2.05, 4.69) is 16.0 Å². The fourth-order valence-electron chi connectivity index (χ4n) is 3.28. The summed E-state index contributed by atoms with van der Waals surface area (Å²) in [5.74, 6) is 0.228. The molecule has 140 valence electrons. The highest BCUT2D eigenvalue weighted by atomic mass is 32.2. The van der Waals surface area contributed by atoms with Crippen LogP contribution in [0.25, 0.3) is 11.3 Å². The number of nitriles is 1. The third kappa shape index (κ3) is 4.22. The predicted molar refractivity (Wildman–Crippen MR) is 106 cm³/mol. The topological polar surface area (TPSA) is 79.1 Å². The Bertz CT molecular complexity index is 851. The van der Waals surface area contributed by atoms with Gasteiger partial charge in [0.25, 0.3) is 0 Å². The summed E-state index contributed by atoms with van der Waals surface area (Å²) in [5.41, 5.74) is 1.96. The predicted octanol–water partition coefficient (Wildman–Crippen LogP) is 3.52. The molecule has 1 aliphatic rings. The molecule has 1 atom stereocenters. The molecule has 0 unspecified atom stereocenters. The number of thioether (sulfide) groups is 1. The van der Waals surface area contributed by atoms with Crippen molar-refractivity contribution in [1.29, 1.82) is 5.26 Å². The van der Waals surface area contributed by atoms with Gasteiger partial charge in [-0.25, -0.2) is 9.97 Å². The van der Waals surface area contributed by atoms with Crippen molar-refractivity contribution in [1.82, 2.24) is 9.97 Å². The fraction of sp³-hybridized carbons (Fsp3) is 0.400. The highest BCUT2D eigenvalue weighted by Crippen LogP contribution is 2.32. The van der Waals surface area contributed by atoms with Crippen molar-refractivity contribution in [2.75, 3.05) is 30.9 Å². The maximum Gasteiger partial charge on any atom is 0.310 e. The van der Waals surface area contributed by atoms with Crippen LogP contribution < -0.4 is 4.90 Å². The summed E-state index contributed by atoms with van der Waals surface area (Å²) in [7, 11) is 0. The van der Waals surface area contributed by atoms with Crippen LogP contribution in [0.2, 0.25) is 0 Å². The van der Waals surface area contributed by atoms with Crippen LogP contribution in [-0.2, 0) is 9.53 Å². The molecule has 6 nitrogen and oxygen atoms in total. The zero-order chi connectivity index (χ0) is 19.2. The average Bonchev–Trinajstić information content (AvgIpc) is 2.73. The normalized spacial score (nSPS) is 16.6. The molecule has 2 heterocycles. The van der Waals surface area contributed by atoms with Crippen LogP contribution in [0.3, 0.4) is 0 Å². The molecule has 0 aliphatic carbocycles. The Kier molecular flexibility index (Phi) is 6.30. The van der Waals surface area contributed by atoms with E-state index >= 15 is 0 Å². The molecule has 1 fully saturated rings. The van der Waals surface area contributed by atoms with Crippen molar-refractivity contribution in [3.05, 3.63) is 35.9 Å². The lowest BCUT2D eigenvalue weighted by molar-refractivity contribution is -0.148. The monoisotopic (exact) mass is 382 g/mol. The van der Waals surface area contributed by atoms with E-state index in [1.54, 1.807) is 0 Å². The fourth-order valence-corrected chi connectivity index (χ4v) is 3.64. The standard InChI is InChI=1S/C20H22N4O2S/c1-3-26-19(25)15-10-7-11-24(13-15)18-16(12-21)17(22-20(23-18)27-2)14-8-5-4-6-9-14/h4-6,8-9,15H,3,7,10-11,13H2,1-2H3/t15-/m1/s1. The average molecular weight is 382 g/mol. The van der Waals surface area contributed by atoms with E-state index in [1.807, 2.05) is 48.4 Å². The molecule has 1 aliphatic heterocycles. The van der Waals surface area contributed by atoms with E-state index in [1.165, 1.54) is 11.8 Å². The number of rotatable bonds is 5. The molecule has 0 spiro atoms. The first-order valence-electron chi connectivity index (χ1n) is 9.01. The van der Waals surface area contributed by atoms with Gasteiger partial charge in [0, 0.05) is 18.7 Å². The minimum Gasteiger partial charge on any atom is -0.466 e. The summed E-state index contributed by atoms with van der Waals surface area (Å²) >= 11 is 1.44. The van der Waals surface area contributed by atoms with E-state index in [4.69, 9.17) is 4.74 Å². The minimum absolute atomic E-state index is 0.178. The third-order valence-electron chi connectivity index (χ3n) is 4.55. The second-order valence-electron chi connectivity index (χ2n) is 6.27. The van der Waals surface area contributed by atoms with Gasteiger partial charge in [-0.3, -0.25) is 4.79 Å². The zero-order valence-electron chi connectivity index (χ0n) is 15.5. The molecule has 1 aromatic carbocycles. The molecule has 27 heavy (non-hydrogen) atoms. The number of aromatic nitrogens is 2. The van der Waals surface area contributed by atoms with Crippen molar-refractivity contribution in [2.45, 2.75) is 24.9 Å². The van der Waals surface area contributed by atoms with Crippen molar-refractivity contribution in [2.24, 2.45) is 5.92 Å². The van der Waals surface area contributed by atoms with Gasteiger partial charge < -0.3 is 9.64 Å². The second-order valence-corrected chi connectivity index (χ2v) is 7.05. The number of benzene rings is 1. The van der Waals surface area contributed by atoms with Crippen molar-refractivity contribution >= 4 is 23.5 Å². The summed E-state index contributed by atoms with van der Waals surface area (Å²) in [6.45, 7) is 3.45. The first-order chi connectivity index (χ1) is 13.2. The van der Waals surface area contributed by atoms with Crippen LogP contribution in [0, 0.1) is 17.2 Å². The SMILES string of the molecule is CCOC(=O)[C@@H]1CCCN(c2nc(SC)nc(-c3ccccc3)c2C#N)C1. The number of carbonyl (C=O) groups excluding carboxylic acids is 1. The Balaban J connectivity index is 2.02. The Hall–Kier alpha value is -2.59. The van der Waals surface area contributed by atoms with Gasteiger partial charge in [-0.1, -0.05) is 42.1 Å². The van der Waals surface area contributed by atoms with Crippen LogP contribution in [-0.4, -0.2) is 41.9 Å². The Morgan fingerprint density at radius 3 is 2.81 bits per heavy atom. The number of hydrogen-bond acceptors (Lipinski definition) is 7. The number of nitrogens with zero attached hydrogens (tertiary/aromatic N) is 4. The van der Waals surface area contributed by atoms with Crippen LogP contribution >= 0.6 is 11.8 Å². The molecule has 0 N–H and O–H groups in total. The minimum atomic E-state index is -0.196. The van der Waals surface area contributed by atoms with Gasteiger partial charge >= 0.3 is 5.97 Å². The van der Waals surface area contributed by atoms with E-state index < -0.39 is 0 Å². The van der Waals surface area contributed by atoms with Gasteiger partial charge in [0.2, 0.25) is 0 Å². The van der Waals surface area contributed by atoms with Gasteiger partial charge in [-0.05, 0) is 26.0 Å². The third-order valence-corrected chi connectivity index (χ3v) is 5.10. The number of hydrogen-bond donors (Lipinski definition) is 0. The summed E-state index contributed by atoms with van der Waals surface area (Å²) < 4.78 is 5.19. The van der Waals surface area contributed by atoms with Crippen LogP contribution in [0.15, 0.2) is 35.5 Å². The number of anilines is 1. The molecule has 0 radical (unpaired) electrons. The molecule has 7 heteroatoms. The number of esters is 1. The van der Waals surface area contributed by atoms with Crippen molar-refractivity contribution in [3.8, 4) is 17.3 Å². The van der Waals surface area contributed by atoms with Crippen LogP contribution in [0.4, 0.5) is 5.82 Å². The number of piperidine rings is 1. The zero-order valence-corrected chi connectivity index (χ0v) is 16.3. The van der Waals surface area contributed by atoms with Crippen LogP contribution in [0.5, 0.6) is 0 Å². The van der Waals surface area contributed by atoms with Crippen LogP contribution in [0.1, 0.15) is 25.3 Å². The molecule has 0 bridgehead atoms. The highest BCUT2D eigenvalue weighted by molar-refractivity contribution is 7.98. The Morgan fingerprint density at radius 2 is 2.15 bits per heavy atom. The smallest absolute Gasteiger partial charge is 0.310 e. The summed E-state index contributed by atoms with van der Waals surface area (Å²) in [6, 6.07) is 11.9. The highest BCUT2D eigenvalue weighted by Gasteiger charge is 2.30. The number of ether oxygens (including phenoxy) is 1. The lowest BCUT2D eigenvalue weighted by Crippen LogP contribution is -2.40. The number of carbonyl (C=O) groups is 1. The van der Waals surface area contributed by atoms with Gasteiger partial charge in [-0.2, -0.15) is 5.26 Å². The largest absolute Gasteiger partial charge is 0.466 e. The van der Waals surface area contributed by atoms with E-state index in [0.29, 0.717) is 35.4 Å². The second kappa shape index (κ2) is 8.87. The first kappa shape index (κ1) is 19.2. The van der Waals surface area contributed by atoms with Gasteiger partial charge in [0.05, 0.1) is 18.2 Å². The molecule has 0 saturated carbocycles. The van der Waals surface area contributed by atoms with Gasteiger partial charge in [0.15, 0.2) is 11.0 Å². The Labute approximate surface area is 163 Å². The maximum atomic E-state index is 12.2. The molecule has 3 rings (SSSR count). The Morgan fingerprint density at radius 1 is 1.37 bits per heavy atom. The lowest BCUT2D eigenvalue weighted by atomic mass is 9.97. The molecule has 0 amide bonds. The summed E-state index contributed by atoms with van der Waals surface area (Å²) in [5, 5.41) is 10.5.